The minimum Gasteiger partial charge on any atom is -0.300 e. The smallest absolute Gasteiger partial charge is 0.257 e. The molecule has 2 amide bonds. The summed E-state index contributed by atoms with van der Waals surface area (Å²) in [6.07, 6.45) is 1.40. The second-order valence-corrected chi connectivity index (χ2v) is 8.26. The van der Waals surface area contributed by atoms with E-state index in [9.17, 15) is 14.0 Å². The van der Waals surface area contributed by atoms with Crippen LogP contribution in [0.4, 0.5) is 14.7 Å². The highest BCUT2D eigenvalue weighted by Crippen LogP contribution is 2.39. The fourth-order valence-electron chi connectivity index (χ4n) is 2.85. The summed E-state index contributed by atoms with van der Waals surface area (Å²) >= 11 is 2.67. The van der Waals surface area contributed by atoms with Gasteiger partial charge in [-0.2, -0.15) is 0 Å². The average Bonchev–Trinajstić information content (AvgIpc) is 3.31. The Labute approximate surface area is 161 Å². The number of nitrogens with zero attached hydrogens (tertiary/aromatic N) is 3. The van der Waals surface area contributed by atoms with E-state index in [2.05, 4.69) is 25.8 Å². The third-order valence-corrected chi connectivity index (χ3v) is 5.92. The molecule has 0 saturated carbocycles. The van der Waals surface area contributed by atoms with Gasteiger partial charge in [-0.3, -0.25) is 20.2 Å². The van der Waals surface area contributed by atoms with Crippen LogP contribution in [0.2, 0.25) is 0 Å². The number of thiazole rings is 1. The van der Waals surface area contributed by atoms with Crippen LogP contribution >= 0.6 is 22.7 Å². The summed E-state index contributed by atoms with van der Waals surface area (Å²) < 4.78 is 13.0. The van der Waals surface area contributed by atoms with E-state index < -0.39 is 5.82 Å². The van der Waals surface area contributed by atoms with Crippen molar-refractivity contribution in [1.82, 2.24) is 15.2 Å². The van der Waals surface area contributed by atoms with Crippen LogP contribution in [0.15, 0.2) is 24.3 Å². The van der Waals surface area contributed by atoms with E-state index in [4.69, 9.17) is 0 Å². The summed E-state index contributed by atoms with van der Waals surface area (Å²) in [5.74, 6) is -1.32. The molecule has 7 nitrogen and oxygen atoms in total. The van der Waals surface area contributed by atoms with Crippen LogP contribution in [0.25, 0.3) is 0 Å². The highest BCUT2D eigenvalue weighted by atomic mass is 32.1. The summed E-state index contributed by atoms with van der Waals surface area (Å²) in [6, 6.07) is 5.27. The largest absolute Gasteiger partial charge is 0.300 e. The fourth-order valence-corrected chi connectivity index (χ4v) is 4.47. The summed E-state index contributed by atoms with van der Waals surface area (Å²) in [5.41, 5.74) is 1.03. The quantitative estimate of drug-likeness (QED) is 0.696. The molecule has 0 radical (unpaired) electrons. The molecule has 1 atom stereocenters. The standard InChI is InChI=1S/C17H14FN5O2S2/c1-8-22-23-17(26-8)21-15(25)11-6-7-12-13(11)19-16(27-12)20-14(24)9-2-4-10(18)5-3-9/h2-5,11H,6-7H2,1H3,(H,19,20,24)(H,21,23,25). The zero-order chi connectivity index (χ0) is 19.0. The lowest BCUT2D eigenvalue weighted by Gasteiger charge is -2.08. The summed E-state index contributed by atoms with van der Waals surface area (Å²) in [4.78, 5) is 30.2. The molecule has 2 heterocycles. The zero-order valence-electron chi connectivity index (χ0n) is 14.2. The molecule has 0 spiro atoms. The van der Waals surface area contributed by atoms with Crippen LogP contribution in [-0.4, -0.2) is 27.0 Å². The number of amides is 2. The van der Waals surface area contributed by atoms with Gasteiger partial charge in [0.05, 0.1) is 11.6 Å². The van der Waals surface area contributed by atoms with E-state index in [0.717, 1.165) is 16.3 Å². The molecule has 27 heavy (non-hydrogen) atoms. The predicted octanol–water partition coefficient (Wildman–Crippen LogP) is 3.36. The van der Waals surface area contributed by atoms with E-state index in [1.54, 1.807) is 0 Å². The van der Waals surface area contributed by atoms with Gasteiger partial charge in [0.1, 0.15) is 10.8 Å². The molecule has 1 aliphatic rings. The van der Waals surface area contributed by atoms with Gasteiger partial charge in [-0.25, -0.2) is 9.37 Å². The first-order valence-electron chi connectivity index (χ1n) is 8.17. The molecule has 0 fully saturated rings. The third kappa shape index (κ3) is 3.71. The lowest BCUT2D eigenvalue weighted by molar-refractivity contribution is -0.117. The Bertz CT molecular complexity index is 1010. The molecular formula is C17H14FN5O2S2. The van der Waals surface area contributed by atoms with Crippen molar-refractivity contribution in [2.45, 2.75) is 25.7 Å². The van der Waals surface area contributed by atoms with Gasteiger partial charge in [-0.1, -0.05) is 11.3 Å². The SMILES string of the molecule is Cc1nnc(NC(=O)C2CCc3sc(NC(=O)c4ccc(F)cc4)nc32)s1. The maximum Gasteiger partial charge on any atom is 0.257 e. The van der Waals surface area contributed by atoms with Crippen molar-refractivity contribution in [3.05, 3.63) is 51.2 Å². The molecule has 0 saturated heterocycles. The number of carbonyl (C=O) groups excluding carboxylic acids is 2. The van der Waals surface area contributed by atoms with Crippen LogP contribution in [0.5, 0.6) is 0 Å². The first-order valence-corrected chi connectivity index (χ1v) is 9.80. The van der Waals surface area contributed by atoms with Crippen molar-refractivity contribution in [3.8, 4) is 0 Å². The van der Waals surface area contributed by atoms with Crippen molar-refractivity contribution in [2.24, 2.45) is 0 Å². The predicted molar refractivity (Wildman–Crippen MR) is 101 cm³/mol. The molecule has 0 bridgehead atoms. The second-order valence-electron chi connectivity index (χ2n) is 6.00. The fraction of sp³-hybridized carbons (Fsp3) is 0.235. The number of hydrogen-bond donors (Lipinski definition) is 2. The zero-order valence-corrected chi connectivity index (χ0v) is 15.8. The molecule has 4 rings (SSSR count). The van der Waals surface area contributed by atoms with Gasteiger partial charge >= 0.3 is 0 Å². The highest BCUT2D eigenvalue weighted by molar-refractivity contribution is 7.16. The highest BCUT2D eigenvalue weighted by Gasteiger charge is 2.33. The number of aromatic nitrogens is 3. The topological polar surface area (TPSA) is 96.9 Å². The van der Waals surface area contributed by atoms with E-state index in [-0.39, 0.29) is 17.7 Å². The van der Waals surface area contributed by atoms with E-state index >= 15 is 0 Å². The number of halogens is 1. The Hall–Kier alpha value is -2.72. The monoisotopic (exact) mass is 403 g/mol. The number of fused-ring (bicyclic) bond motifs is 1. The molecule has 138 valence electrons. The average molecular weight is 403 g/mol. The number of anilines is 2. The summed E-state index contributed by atoms with van der Waals surface area (Å²) in [7, 11) is 0. The van der Waals surface area contributed by atoms with E-state index in [1.807, 2.05) is 6.92 Å². The van der Waals surface area contributed by atoms with Gasteiger partial charge in [0.25, 0.3) is 5.91 Å². The number of benzene rings is 1. The van der Waals surface area contributed by atoms with Crippen molar-refractivity contribution in [3.63, 3.8) is 0 Å². The number of hydrogen-bond acceptors (Lipinski definition) is 7. The number of aryl methyl sites for hydroxylation is 2. The lowest BCUT2D eigenvalue weighted by atomic mass is 10.1. The van der Waals surface area contributed by atoms with Crippen LogP contribution in [0.3, 0.4) is 0 Å². The van der Waals surface area contributed by atoms with Gasteiger partial charge < -0.3 is 0 Å². The van der Waals surface area contributed by atoms with Gasteiger partial charge in [-0.05, 0) is 44.0 Å². The molecule has 1 unspecified atom stereocenters. The normalized spacial score (nSPS) is 15.4. The van der Waals surface area contributed by atoms with Crippen molar-refractivity contribution in [1.29, 1.82) is 0 Å². The van der Waals surface area contributed by atoms with Crippen LogP contribution in [0.1, 0.15) is 38.3 Å². The molecule has 1 aromatic carbocycles. The van der Waals surface area contributed by atoms with Gasteiger partial charge in [0, 0.05) is 10.4 Å². The van der Waals surface area contributed by atoms with Crippen molar-refractivity contribution >= 4 is 44.8 Å². The third-order valence-electron chi connectivity index (χ3n) is 4.12. The maximum absolute atomic E-state index is 13.0. The second kappa shape index (κ2) is 7.12. The Morgan fingerprint density at radius 1 is 1.11 bits per heavy atom. The van der Waals surface area contributed by atoms with E-state index in [1.165, 1.54) is 46.9 Å². The summed E-state index contributed by atoms with van der Waals surface area (Å²) in [6.45, 7) is 1.82. The molecule has 0 aliphatic heterocycles. The maximum atomic E-state index is 13.0. The number of nitrogens with one attached hydrogen (secondary N) is 2. The van der Waals surface area contributed by atoms with Crippen LogP contribution < -0.4 is 10.6 Å². The van der Waals surface area contributed by atoms with Crippen molar-refractivity contribution < 1.29 is 14.0 Å². The minimum absolute atomic E-state index is 0.174. The first-order chi connectivity index (χ1) is 13.0. The molecule has 3 aromatic rings. The van der Waals surface area contributed by atoms with Gasteiger partial charge in [0.2, 0.25) is 11.0 Å². The number of carbonyl (C=O) groups is 2. The molecule has 10 heteroatoms. The Morgan fingerprint density at radius 2 is 1.89 bits per heavy atom. The van der Waals surface area contributed by atoms with E-state index in [0.29, 0.717) is 27.9 Å². The van der Waals surface area contributed by atoms with Gasteiger partial charge in [0.15, 0.2) is 5.13 Å². The Kier molecular flexibility index (Phi) is 4.66. The Morgan fingerprint density at radius 3 is 2.59 bits per heavy atom. The van der Waals surface area contributed by atoms with Gasteiger partial charge in [-0.15, -0.1) is 21.5 Å². The Balaban J connectivity index is 1.46. The van der Waals surface area contributed by atoms with Crippen LogP contribution in [0, 0.1) is 12.7 Å². The summed E-state index contributed by atoms with van der Waals surface area (Å²) in [5, 5.41) is 14.9. The first kappa shape index (κ1) is 17.7. The number of rotatable bonds is 4. The van der Waals surface area contributed by atoms with Crippen LogP contribution in [-0.2, 0) is 11.2 Å². The molecule has 2 aromatic heterocycles. The molecular weight excluding hydrogens is 389 g/mol. The molecule has 2 N–H and O–H groups in total. The van der Waals surface area contributed by atoms with Crippen molar-refractivity contribution in [2.75, 3.05) is 10.6 Å². The lowest BCUT2D eigenvalue weighted by Crippen LogP contribution is -2.20. The minimum atomic E-state index is -0.403. The molecule has 1 aliphatic carbocycles.